The highest BCUT2D eigenvalue weighted by Crippen LogP contribution is 2.09. The van der Waals surface area contributed by atoms with Crippen LogP contribution in [0.1, 0.15) is 47.0 Å². The molecule has 1 amide bonds. The summed E-state index contributed by atoms with van der Waals surface area (Å²) in [6, 6.07) is 0.0917. The van der Waals surface area contributed by atoms with Gasteiger partial charge in [-0.2, -0.15) is 0 Å². The van der Waals surface area contributed by atoms with Crippen molar-refractivity contribution in [1.29, 1.82) is 0 Å². The van der Waals surface area contributed by atoms with E-state index in [1.165, 1.54) is 0 Å². The molecule has 0 aromatic carbocycles. The Labute approximate surface area is 86.9 Å². The van der Waals surface area contributed by atoms with Crippen LogP contribution in [0.2, 0.25) is 0 Å². The zero-order valence-corrected chi connectivity index (χ0v) is 9.71. The Morgan fingerprint density at radius 3 is 2.29 bits per heavy atom. The van der Waals surface area contributed by atoms with Crippen LogP contribution in [-0.4, -0.2) is 23.2 Å². The van der Waals surface area contributed by atoms with Gasteiger partial charge in [-0.1, -0.05) is 20.8 Å². The van der Waals surface area contributed by atoms with Crippen LogP contribution in [0.25, 0.3) is 0 Å². The minimum atomic E-state index is -0.357. The van der Waals surface area contributed by atoms with E-state index < -0.39 is 0 Å². The fourth-order valence-electron chi connectivity index (χ4n) is 1.37. The highest BCUT2D eigenvalue weighted by atomic mass is 16.3. The maximum atomic E-state index is 11.3. The second-order valence-electron chi connectivity index (χ2n) is 4.25. The summed E-state index contributed by atoms with van der Waals surface area (Å²) in [5, 5.41) is 12.2. The van der Waals surface area contributed by atoms with Crippen LogP contribution in [0.5, 0.6) is 0 Å². The third kappa shape index (κ3) is 5.97. The number of aliphatic hydroxyl groups is 1. The number of aliphatic hydroxyl groups excluding tert-OH is 1. The molecule has 1 unspecified atom stereocenters. The topological polar surface area (TPSA) is 49.3 Å². The van der Waals surface area contributed by atoms with E-state index in [4.69, 9.17) is 0 Å². The van der Waals surface area contributed by atoms with Crippen LogP contribution < -0.4 is 5.32 Å². The van der Waals surface area contributed by atoms with E-state index in [0.717, 1.165) is 6.42 Å². The Morgan fingerprint density at radius 2 is 1.93 bits per heavy atom. The standard InChI is InChI=1S/C11H23NO2/c1-5-6-11(14)12-10(8(2)3)7-9(4)13/h8-10,13H,5-7H2,1-4H3,(H,12,14)/t9-,10?/m1/s1. The fraction of sp³-hybridized carbons (Fsp3) is 0.909. The smallest absolute Gasteiger partial charge is 0.220 e. The van der Waals surface area contributed by atoms with Gasteiger partial charge in [-0.05, 0) is 25.7 Å². The quantitative estimate of drug-likeness (QED) is 0.687. The molecule has 0 rings (SSSR count). The van der Waals surface area contributed by atoms with E-state index in [2.05, 4.69) is 19.2 Å². The Bertz CT molecular complexity index is 167. The molecule has 3 nitrogen and oxygen atoms in total. The molecule has 0 aromatic rings. The fourth-order valence-corrected chi connectivity index (χ4v) is 1.37. The van der Waals surface area contributed by atoms with Gasteiger partial charge in [0.05, 0.1) is 6.10 Å². The Kier molecular flexibility index (Phi) is 6.54. The molecule has 84 valence electrons. The summed E-state index contributed by atoms with van der Waals surface area (Å²) >= 11 is 0. The largest absolute Gasteiger partial charge is 0.393 e. The van der Waals surface area contributed by atoms with E-state index >= 15 is 0 Å². The van der Waals surface area contributed by atoms with Crippen molar-refractivity contribution >= 4 is 5.91 Å². The van der Waals surface area contributed by atoms with E-state index in [1.807, 2.05) is 6.92 Å². The summed E-state index contributed by atoms with van der Waals surface area (Å²) in [6.45, 7) is 7.85. The van der Waals surface area contributed by atoms with Crippen molar-refractivity contribution in [2.75, 3.05) is 0 Å². The van der Waals surface area contributed by atoms with Crippen LogP contribution in [0.4, 0.5) is 0 Å². The number of hydrogen-bond acceptors (Lipinski definition) is 2. The van der Waals surface area contributed by atoms with Crippen LogP contribution >= 0.6 is 0 Å². The van der Waals surface area contributed by atoms with Crippen molar-refractivity contribution in [2.45, 2.75) is 59.1 Å². The average Bonchev–Trinajstić information content (AvgIpc) is 2.02. The van der Waals surface area contributed by atoms with Gasteiger partial charge in [0.1, 0.15) is 0 Å². The lowest BCUT2D eigenvalue weighted by Crippen LogP contribution is -2.40. The summed E-state index contributed by atoms with van der Waals surface area (Å²) < 4.78 is 0. The number of amides is 1. The summed E-state index contributed by atoms with van der Waals surface area (Å²) in [7, 11) is 0. The SMILES string of the molecule is CCCC(=O)NC(C[C@@H](C)O)C(C)C. The number of rotatable bonds is 6. The first kappa shape index (κ1) is 13.4. The molecule has 0 saturated carbocycles. The predicted molar refractivity (Wildman–Crippen MR) is 58.0 cm³/mol. The second-order valence-corrected chi connectivity index (χ2v) is 4.25. The minimum Gasteiger partial charge on any atom is -0.393 e. The average molecular weight is 201 g/mol. The summed E-state index contributed by atoms with van der Waals surface area (Å²) in [5.41, 5.74) is 0. The molecule has 0 aromatic heterocycles. The van der Waals surface area contributed by atoms with Gasteiger partial charge in [0, 0.05) is 12.5 Å². The molecule has 0 aliphatic rings. The molecule has 2 N–H and O–H groups in total. The van der Waals surface area contributed by atoms with Gasteiger partial charge in [-0.3, -0.25) is 4.79 Å². The lowest BCUT2D eigenvalue weighted by atomic mass is 9.98. The molecule has 0 spiro atoms. The monoisotopic (exact) mass is 201 g/mol. The van der Waals surface area contributed by atoms with E-state index in [0.29, 0.717) is 18.8 Å². The van der Waals surface area contributed by atoms with Crippen molar-refractivity contribution in [2.24, 2.45) is 5.92 Å². The molecular weight excluding hydrogens is 178 g/mol. The first-order valence-corrected chi connectivity index (χ1v) is 5.44. The van der Waals surface area contributed by atoms with Gasteiger partial charge in [-0.15, -0.1) is 0 Å². The highest BCUT2D eigenvalue weighted by Gasteiger charge is 2.17. The van der Waals surface area contributed by atoms with Gasteiger partial charge in [0.15, 0.2) is 0 Å². The lowest BCUT2D eigenvalue weighted by molar-refractivity contribution is -0.122. The molecule has 0 fully saturated rings. The highest BCUT2D eigenvalue weighted by molar-refractivity contribution is 5.76. The van der Waals surface area contributed by atoms with Crippen molar-refractivity contribution in [3.63, 3.8) is 0 Å². The summed E-state index contributed by atoms with van der Waals surface area (Å²) in [4.78, 5) is 11.3. The summed E-state index contributed by atoms with van der Waals surface area (Å²) in [6.07, 6.45) is 1.71. The van der Waals surface area contributed by atoms with Gasteiger partial charge in [-0.25, -0.2) is 0 Å². The third-order valence-corrected chi connectivity index (χ3v) is 2.22. The Balaban J connectivity index is 4.02. The lowest BCUT2D eigenvalue weighted by Gasteiger charge is -2.23. The van der Waals surface area contributed by atoms with Crippen LogP contribution in [0, 0.1) is 5.92 Å². The van der Waals surface area contributed by atoms with Crippen molar-refractivity contribution in [1.82, 2.24) is 5.32 Å². The van der Waals surface area contributed by atoms with E-state index in [-0.39, 0.29) is 18.1 Å². The van der Waals surface area contributed by atoms with Crippen molar-refractivity contribution in [3.8, 4) is 0 Å². The van der Waals surface area contributed by atoms with E-state index in [9.17, 15) is 9.90 Å². The van der Waals surface area contributed by atoms with Gasteiger partial charge < -0.3 is 10.4 Å². The molecule has 2 atom stereocenters. The van der Waals surface area contributed by atoms with Crippen LogP contribution in [0.15, 0.2) is 0 Å². The van der Waals surface area contributed by atoms with Crippen LogP contribution in [-0.2, 0) is 4.79 Å². The Morgan fingerprint density at radius 1 is 1.36 bits per heavy atom. The Hall–Kier alpha value is -0.570. The predicted octanol–water partition coefficient (Wildman–Crippen LogP) is 1.70. The van der Waals surface area contributed by atoms with Crippen molar-refractivity contribution < 1.29 is 9.90 Å². The van der Waals surface area contributed by atoms with Crippen molar-refractivity contribution in [3.05, 3.63) is 0 Å². The molecule has 0 radical (unpaired) electrons. The maximum Gasteiger partial charge on any atom is 0.220 e. The second kappa shape index (κ2) is 6.82. The number of hydrogen-bond donors (Lipinski definition) is 2. The van der Waals surface area contributed by atoms with Gasteiger partial charge >= 0.3 is 0 Å². The minimum absolute atomic E-state index is 0.0897. The number of carbonyl (C=O) groups excluding carboxylic acids is 1. The van der Waals surface area contributed by atoms with E-state index in [1.54, 1.807) is 6.92 Å². The summed E-state index contributed by atoms with van der Waals surface area (Å²) in [5.74, 6) is 0.456. The number of carbonyl (C=O) groups is 1. The van der Waals surface area contributed by atoms with Crippen LogP contribution in [0.3, 0.4) is 0 Å². The third-order valence-electron chi connectivity index (χ3n) is 2.22. The maximum absolute atomic E-state index is 11.3. The molecule has 0 aliphatic carbocycles. The van der Waals surface area contributed by atoms with Gasteiger partial charge in [0.25, 0.3) is 0 Å². The molecular formula is C11H23NO2. The first-order valence-electron chi connectivity index (χ1n) is 5.44. The first-order chi connectivity index (χ1) is 6.47. The molecule has 0 saturated heterocycles. The normalized spacial score (nSPS) is 15.3. The number of nitrogens with one attached hydrogen (secondary N) is 1. The zero-order chi connectivity index (χ0) is 11.1. The molecule has 14 heavy (non-hydrogen) atoms. The zero-order valence-electron chi connectivity index (χ0n) is 9.71. The molecule has 3 heteroatoms. The molecule has 0 aliphatic heterocycles. The molecule has 0 bridgehead atoms. The van der Waals surface area contributed by atoms with Gasteiger partial charge in [0.2, 0.25) is 5.91 Å². The molecule has 0 heterocycles.